The maximum absolute atomic E-state index is 8.88. The zero-order valence-corrected chi connectivity index (χ0v) is 10.4. The zero-order chi connectivity index (χ0) is 4.50. The minimum absolute atomic E-state index is 0. The van der Waals surface area contributed by atoms with E-state index in [9.17, 15) is 0 Å². The Morgan fingerprint density at radius 1 is 1.29 bits per heavy atom. The van der Waals surface area contributed by atoms with Gasteiger partial charge in [-0.3, -0.25) is 0 Å². The van der Waals surface area contributed by atoms with Crippen LogP contribution in [0.15, 0.2) is 0 Å². The first-order valence-electron chi connectivity index (χ1n) is 0.783. The molecule has 7 heavy (non-hydrogen) atoms. The normalized spacial score (nSPS) is 8.43. The molecule has 0 rings (SSSR count). The molecule has 40 valence electrons. The van der Waals surface area contributed by atoms with Crippen molar-refractivity contribution in [3.8, 4) is 0 Å². The van der Waals surface area contributed by atoms with Crippen molar-refractivity contribution in [2.75, 3.05) is 0 Å². The van der Waals surface area contributed by atoms with Crippen molar-refractivity contribution in [3.63, 3.8) is 0 Å². The van der Waals surface area contributed by atoms with E-state index in [2.05, 4.69) is 0 Å². The summed E-state index contributed by atoms with van der Waals surface area (Å²) < 4.78 is 8.88. The molecule has 4 nitrogen and oxygen atoms in total. The molecule has 0 atom stereocenters. The summed E-state index contributed by atoms with van der Waals surface area (Å²) in [5.74, 6) is 0. The number of phosphoric acid groups is 1. The van der Waals surface area contributed by atoms with Crippen LogP contribution in [0.1, 0.15) is 5.71 Å². The first-order valence-corrected chi connectivity index (χ1v) is 2.35. The molecule has 0 unspecified atom stereocenters. The van der Waals surface area contributed by atoms with Crippen LogP contribution in [0, 0.1) is 0 Å². The van der Waals surface area contributed by atoms with Gasteiger partial charge in [-0.05, 0) is 0 Å². The van der Waals surface area contributed by atoms with E-state index in [0.29, 0.717) is 0 Å². The fourth-order valence-electron chi connectivity index (χ4n) is 0. The van der Waals surface area contributed by atoms with Crippen molar-refractivity contribution in [3.05, 3.63) is 0 Å². The molecular formula is H7BaMgO4P. The van der Waals surface area contributed by atoms with Crippen LogP contribution in [0.2, 0.25) is 0 Å². The van der Waals surface area contributed by atoms with E-state index in [4.69, 9.17) is 19.2 Å². The summed E-state index contributed by atoms with van der Waals surface area (Å²) in [5, 5.41) is 0. The molecule has 0 radical (unpaired) electrons. The van der Waals surface area contributed by atoms with Gasteiger partial charge in [0.25, 0.3) is 0 Å². The van der Waals surface area contributed by atoms with Crippen LogP contribution in [0.4, 0.5) is 0 Å². The van der Waals surface area contributed by atoms with Crippen LogP contribution in [0.5, 0.6) is 0 Å². The molecule has 0 amide bonds. The predicted octanol–water partition coefficient (Wildman–Crippen LogP) is -1.24. The molecule has 0 aliphatic rings. The third kappa shape index (κ3) is 58.6. The Morgan fingerprint density at radius 3 is 1.29 bits per heavy atom. The molecule has 0 aliphatic heterocycles. The van der Waals surface area contributed by atoms with Crippen LogP contribution < -0.4 is 0 Å². The van der Waals surface area contributed by atoms with Gasteiger partial charge in [0.2, 0.25) is 0 Å². The number of hydrogen-bond acceptors (Lipinski definition) is 1. The van der Waals surface area contributed by atoms with Gasteiger partial charge in [-0.15, -0.1) is 0 Å². The quantitative estimate of drug-likeness (QED) is 0.377. The Kier molecular flexibility index (Phi) is 15.2. The maximum Gasteiger partial charge on any atom is 2.00 e. The monoisotopic (exact) mass is 264 g/mol. The fraction of sp³-hybridized carbons (Fsp3) is 0. The van der Waals surface area contributed by atoms with Gasteiger partial charge in [-0.2, -0.15) is 0 Å². The minimum Gasteiger partial charge on any atom is -1.00 e. The van der Waals surface area contributed by atoms with E-state index in [-0.39, 0.29) is 77.6 Å². The standard InChI is InChI=1S/Ba.Mg.H3O4P.4H/c;;1-5(2,3)4;;;;/h;;(H3,1,2,3,4);;;;/q2*+2;;4*-1. The van der Waals surface area contributed by atoms with Crippen LogP contribution in [0.3, 0.4) is 0 Å². The summed E-state index contributed by atoms with van der Waals surface area (Å²) >= 11 is 0. The first kappa shape index (κ1) is 16.2. The number of hydrogen-bond donors (Lipinski definition) is 3. The van der Waals surface area contributed by atoms with Crippen molar-refractivity contribution in [2.24, 2.45) is 0 Å². The van der Waals surface area contributed by atoms with Crippen molar-refractivity contribution < 1.29 is 25.0 Å². The molecular weight excluding hydrogens is 257 g/mol. The SMILES string of the molecule is O=P(O)(O)O.[Ba+2].[H-].[H-].[H-].[H-].[Mg+2]. The van der Waals surface area contributed by atoms with Gasteiger partial charge in [0.05, 0.1) is 0 Å². The van der Waals surface area contributed by atoms with E-state index < -0.39 is 7.82 Å². The van der Waals surface area contributed by atoms with E-state index in [1.807, 2.05) is 0 Å². The van der Waals surface area contributed by atoms with Crippen molar-refractivity contribution in [2.45, 2.75) is 0 Å². The molecule has 0 aromatic rings. The van der Waals surface area contributed by atoms with E-state index in [1.54, 1.807) is 0 Å². The molecule has 0 aromatic heterocycles. The molecule has 3 N–H and O–H groups in total. The predicted molar refractivity (Wildman–Crippen MR) is 30.2 cm³/mol. The van der Waals surface area contributed by atoms with Crippen LogP contribution in [0.25, 0.3) is 0 Å². The van der Waals surface area contributed by atoms with Gasteiger partial charge in [0, 0.05) is 0 Å². The Labute approximate surface area is 103 Å². The number of rotatable bonds is 0. The Hall–Kier alpha value is 2.45. The second kappa shape index (κ2) is 6.57. The molecule has 7 heteroatoms. The van der Waals surface area contributed by atoms with Crippen molar-refractivity contribution in [1.29, 1.82) is 0 Å². The summed E-state index contributed by atoms with van der Waals surface area (Å²) in [4.78, 5) is 21.6. The Morgan fingerprint density at radius 2 is 1.29 bits per heavy atom. The molecule has 0 aromatic carbocycles. The van der Waals surface area contributed by atoms with Gasteiger partial charge >= 0.3 is 79.8 Å². The molecule has 0 heterocycles. The summed E-state index contributed by atoms with van der Waals surface area (Å²) in [5.41, 5.74) is 0. The first-order chi connectivity index (χ1) is 2.00. The van der Waals surface area contributed by atoms with Crippen LogP contribution >= 0.6 is 7.82 Å². The zero-order valence-electron chi connectivity index (χ0n) is 7.61. The summed E-state index contributed by atoms with van der Waals surface area (Å²) in [6.07, 6.45) is 0. The fourth-order valence-corrected chi connectivity index (χ4v) is 0. The Balaban J connectivity index is -0.00000000533. The van der Waals surface area contributed by atoms with Gasteiger partial charge in [-0.25, -0.2) is 4.57 Å². The second-order valence-electron chi connectivity index (χ2n) is 0.513. The van der Waals surface area contributed by atoms with Crippen molar-refractivity contribution in [1.82, 2.24) is 0 Å². The third-order valence-electron chi connectivity index (χ3n) is 0. The van der Waals surface area contributed by atoms with E-state index >= 15 is 0 Å². The Bertz CT molecular complexity index is 68.2. The summed E-state index contributed by atoms with van der Waals surface area (Å²) in [7, 11) is -4.64. The summed E-state index contributed by atoms with van der Waals surface area (Å²) in [6, 6.07) is 0. The van der Waals surface area contributed by atoms with Crippen LogP contribution in [-0.4, -0.2) is 86.6 Å². The molecule has 0 saturated carbocycles. The van der Waals surface area contributed by atoms with E-state index in [0.717, 1.165) is 0 Å². The summed E-state index contributed by atoms with van der Waals surface area (Å²) in [6.45, 7) is 0. The molecule has 0 bridgehead atoms. The average Bonchev–Trinajstić information content (AvgIpc) is 0.722. The third-order valence-corrected chi connectivity index (χ3v) is 0. The van der Waals surface area contributed by atoms with Gasteiger partial charge in [-0.1, -0.05) is 0 Å². The van der Waals surface area contributed by atoms with E-state index in [1.165, 1.54) is 0 Å². The van der Waals surface area contributed by atoms with Crippen LogP contribution in [-0.2, 0) is 4.57 Å². The van der Waals surface area contributed by atoms with Crippen molar-refractivity contribution >= 4 is 79.8 Å². The van der Waals surface area contributed by atoms with Gasteiger partial charge in [0.15, 0.2) is 0 Å². The largest absolute Gasteiger partial charge is 2.00 e. The minimum atomic E-state index is -4.64. The maximum atomic E-state index is 8.88. The molecule has 0 aliphatic carbocycles. The molecule has 0 fully saturated rings. The average molecular weight is 264 g/mol. The smallest absolute Gasteiger partial charge is 1.00 e. The molecule has 0 saturated heterocycles. The topological polar surface area (TPSA) is 77.8 Å². The molecule has 0 spiro atoms. The van der Waals surface area contributed by atoms with Gasteiger partial charge in [0.1, 0.15) is 0 Å². The second-order valence-corrected chi connectivity index (χ2v) is 1.54. The van der Waals surface area contributed by atoms with Gasteiger partial charge < -0.3 is 20.4 Å².